The predicted molar refractivity (Wildman–Crippen MR) is 34.6 cm³/mol. The van der Waals surface area contributed by atoms with Crippen LogP contribution in [0, 0.1) is 0 Å². The van der Waals surface area contributed by atoms with Gasteiger partial charge in [-0.25, -0.2) is 4.79 Å². The van der Waals surface area contributed by atoms with Crippen molar-refractivity contribution in [3.8, 4) is 0 Å². The number of carbonyl (C=O) groups is 2. The Morgan fingerprint density at radius 2 is 2.00 bits per heavy atom. The van der Waals surface area contributed by atoms with Crippen LogP contribution in [0.15, 0.2) is 0 Å². The van der Waals surface area contributed by atoms with Crippen LogP contribution in [0.4, 0.5) is 0 Å². The predicted octanol–water partition coefficient (Wildman–Crippen LogP) is -0.267. The minimum Gasteiger partial charge on any atom is -0.476 e. The second-order valence-electron chi connectivity index (χ2n) is 2.04. The molecule has 11 heavy (non-hydrogen) atoms. The second-order valence-corrected chi connectivity index (χ2v) is 2.04. The third-order valence-electron chi connectivity index (χ3n) is 1.13. The summed E-state index contributed by atoms with van der Waals surface area (Å²) < 4.78 is 4.17. The molecule has 2 N–H and O–H groups in total. The number of rotatable bonds is 3. The molecule has 0 heterocycles. The Bertz CT molecular complexity index is 176. The summed E-state index contributed by atoms with van der Waals surface area (Å²) >= 11 is 0. The Morgan fingerprint density at radius 1 is 1.55 bits per heavy atom. The van der Waals surface area contributed by atoms with Crippen molar-refractivity contribution < 1.29 is 24.5 Å². The third kappa shape index (κ3) is 2.55. The van der Waals surface area contributed by atoms with Crippen molar-refractivity contribution in [1.29, 1.82) is 0 Å². The number of aliphatic hydroxyl groups is 1. The second kappa shape index (κ2) is 3.34. The van der Waals surface area contributed by atoms with Crippen molar-refractivity contribution in [3.63, 3.8) is 0 Å². The summed E-state index contributed by atoms with van der Waals surface area (Å²) in [7, 11) is 0. The van der Waals surface area contributed by atoms with Gasteiger partial charge in [-0.05, 0) is 0 Å². The summed E-state index contributed by atoms with van der Waals surface area (Å²) in [5.41, 5.74) is 0. The summed E-state index contributed by atoms with van der Waals surface area (Å²) in [6, 6.07) is 0. The van der Waals surface area contributed by atoms with Crippen LogP contribution in [0.1, 0.15) is 20.3 Å². The first-order valence-corrected chi connectivity index (χ1v) is 3.07. The van der Waals surface area contributed by atoms with Gasteiger partial charge in [-0.15, -0.1) is 0 Å². The Labute approximate surface area is 63.6 Å². The molecule has 0 aromatic rings. The van der Waals surface area contributed by atoms with E-state index in [1.165, 1.54) is 6.92 Å². The number of carboxylic acids is 1. The van der Waals surface area contributed by atoms with Crippen LogP contribution >= 0.6 is 0 Å². The Hall–Kier alpha value is -1.10. The summed E-state index contributed by atoms with van der Waals surface area (Å²) in [5, 5.41) is 17.4. The highest BCUT2D eigenvalue weighted by molar-refractivity contribution is 5.79. The summed E-state index contributed by atoms with van der Waals surface area (Å²) in [5.74, 6) is -4.75. The van der Waals surface area contributed by atoms with Crippen molar-refractivity contribution in [2.45, 2.75) is 26.1 Å². The zero-order chi connectivity index (χ0) is 9.07. The van der Waals surface area contributed by atoms with Crippen LogP contribution < -0.4 is 0 Å². The Balaban J connectivity index is 4.34. The lowest BCUT2D eigenvalue weighted by molar-refractivity contribution is -0.222. The smallest absolute Gasteiger partial charge is 0.377 e. The maximum atomic E-state index is 10.3. The van der Waals surface area contributed by atoms with Gasteiger partial charge < -0.3 is 14.9 Å². The van der Waals surface area contributed by atoms with Gasteiger partial charge in [-0.1, -0.05) is 6.92 Å². The number of aliphatic carboxylic acids is 1. The first kappa shape index (κ1) is 9.90. The molecule has 0 aromatic heterocycles. The van der Waals surface area contributed by atoms with Crippen LogP contribution in [0.3, 0.4) is 0 Å². The SMILES string of the molecule is CCC(O)(OC(C)=O)C(=O)O. The highest BCUT2D eigenvalue weighted by atomic mass is 16.7. The zero-order valence-electron chi connectivity index (χ0n) is 6.33. The van der Waals surface area contributed by atoms with E-state index in [0.29, 0.717) is 0 Å². The van der Waals surface area contributed by atoms with Crippen LogP contribution in [0.25, 0.3) is 0 Å². The van der Waals surface area contributed by atoms with Crippen LogP contribution in [0.5, 0.6) is 0 Å². The fourth-order valence-electron chi connectivity index (χ4n) is 0.505. The maximum Gasteiger partial charge on any atom is 0.377 e. The normalized spacial score (nSPS) is 15.2. The summed E-state index contributed by atoms with van der Waals surface area (Å²) in [4.78, 5) is 20.5. The largest absolute Gasteiger partial charge is 0.476 e. The van der Waals surface area contributed by atoms with Gasteiger partial charge in [0.05, 0.1) is 0 Å². The molecule has 0 aromatic carbocycles. The average Bonchev–Trinajstić information content (AvgIpc) is 1.86. The summed E-state index contributed by atoms with van der Waals surface area (Å²) in [6.45, 7) is 2.43. The molecule has 0 spiro atoms. The van der Waals surface area contributed by atoms with Crippen molar-refractivity contribution in [2.75, 3.05) is 0 Å². The number of carbonyl (C=O) groups excluding carboxylic acids is 1. The molecular formula is C6H10O5. The third-order valence-corrected chi connectivity index (χ3v) is 1.13. The Morgan fingerprint density at radius 3 is 2.09 bits per heavy atom. The van der Waals surface area contributed by atoms with Gasteiger partial charge >= 0.3 is 17.7 Å². The lowest BCUT2D eigenvalue weighted by Gasteiger charge is -2.20. The molecule has 64 valence electrons. The van der Waals surface area contributed by atoms with Crippen molar-refractivity contribution >= 4 is 11.9 Å². The maximum absolute atomic E-state index is 10.3. The number of hydrogen-bond donors (Lipinski definition) is 2. The van der Waals surface area contributed by atoms with E-state index >= 15 is 0 Å². The first-order valence-electron chi connectivity index (χ1n) is 3.07. The summed E-state index contributed by atoms with van der Waals surface area (Å²) in [6.07, 6.45) is -0.179. The van der Waals surface area contributed by atoms with E-state index in [-0.39, 0.29) is 6.42 Å². The molecule has 1 atom stereocenters. The zero-order valence-corrected chi connectivity index (χ0v) is 6.33. The van der Waals surface area contributed by atoms with Crippen LogP contribution in [-0.4, -0.2) is 27.9 Å². The van der Waals surface area contributed by atoms with E-state index in [4.69, 9.17) is 10.2 Å². The molecule has 0 aliphatic carbocycles. The highest BCUT2D eigenvalue weighted by Crippen LogP contribution is 2.11. The molecule has 0 aliphatic heterocycles. The van der Waals surface area contributed by atoms with Gasteiger partial charge in [-0.2, -0.15) is 0 Å². The Kier molecular flexibility index (Phi) is 3.00. The molecule has 0 bridgehead atoms. The van der Waals surface area contributed by atoms with Gasteiger partial charge in [-0.3, -0.25) is 4.79 Å². The molecule has 0 aliphatic rings. The molecular weight excluding hydrogens is 152 g/mol. The molecule has 0 fully saturated rings. The standard InChI is InChI=1S/C6H10O5/c1-3-6(10,5(8)9)11-4(2)7/h10H,3H2,1-2H3,(H,8,9). The van der Waals surface area contributed by atoms with E-state index < -0.39 is 17.7 Å². The molecule has 1 unspecified atom stereocenters. The molecule has 0 saturated heterocycles. The first-order chi connectivity index (χ1) is 4.92. The van der Waals surface area contributed by atoms with Crippen molar-refractivity contribution in [3.05, 3.63) is 0 Å². The fraction of sp³-hybridized carbons (Fsp3) is 0.667. The van der Waals surface area contributed by atoms with E-state index in [2.05, 4.69) is 4.74 Å². The number of ether oxygens (including phenoxy) is 1. The van der Waals surface area contributed by atoms with Gasteiger partial charge in [0.2, 0.25) is 0 Å². The number of carboxylic acid groups (broad SMARTS) is 1. The average molecular weight is 162 g/mol. The van der Waals surface area contributed by atoms with Gasteiger partial charge in [0.1, 0.15) is 0 Å². The minimum atomic E-state index is -2.37. The fourth-order valence-corrected chi connectivity index (χ4v) is 0.505. The van der Waals surface area contributed by atoms with E-state index in [1.54, 1.807) is 0 Å². The molecule has 0 radical (unpaired) electrons. The molecule has 5 nitrogen and oxygen atoms in total. The molecule has 5 heteroatoms. The number of esters is 1. The lowest BCUT2D eigenvalue weighted by atomic mass is 10.2. The highest BCUT2D eigenvalue weighted by Gasteiger charge is 2.37. The topological polar surface area (TPSA) is 83.8 Å². The molecule has 0 saturated carbocycles. The van der Waals surface area contributed by atoms with E-state index in [0.717, 1.165) is 6.92 Å². The lowest BCUT2D eigenvalue weighted by Crippen LogP contribution is -2.42. The van der Waals surface area contributed by atoms with Crippen molar-refractivity contribution in [2.24, 2.45) is 0 Å². The number of hydrogen-bond acceptors (Lipinski definition) is 4. The van der Waals surface area contributed by atoms with E-state index in [9.17, 15) is 9.59 Å². The molecule has 0 rings (SSSR count). The monoisotopic (exact) mass is 162 g/mol. The molecule has 0 amide bonds. The van der Waals surface area contributed by atoms with E-state index in [1.807, 2.05) is 0 Å². The van der Waals surface area contributed by atoms with Crippen LogP contribution in [-0.2, 0) is 14.3 Å². The van der Waals surface area contributed by atoms with Gasteiger partial charge in [0, 0.05) is 13.3 Å². The van der Waals surface area contributed by atoms with Crippen molar-refractivity contribution in [1.82, 2.24) is 0 Å². The van der Waals surface area contributed by atoms with Gasteiger partial charge in [0.25, 0.3) is 0 Å². The van der Waals surface area contributed by atoms with Crippen LogP contribution in [0.2, 0.25) is 0 Å². The van der Waals surface area contributed by atoms with Gasteiger partial charge in [0.15, 0.2) is 0 Å². The minimum absolute atomic E-state index is 0.179. The quantitative estimate of drug-likeness (QED) is 0.441.